The molecule has 4 aromatic rings. The van der Waals surface area contributed by atoms with Crippen molar-refractivity contribution in [2.45, 2.75) is 19.4 Å². The number of carbonyl (C=O) groups is 2. The van der Waals surface area contributed by atoms with Gasteiger partial charge in [-0.2, -0.15) is 0 Å². The molecular weight excluding hydrogens is 457 g/mol. The summed E-state index contributed by atoms with van der Waals surface area (Å²) in [6.45, 7) is 0.301. The molecule has 0 saturated heterocycles. The molecule has 8 heteroatoms. The van der Waals surface area contributed by atoms with Crippen LogP contribution in [0.15, 0.2) is 83.4 Å². The van der Waals surface area contributed by atoms with Crippen LogP contribution in [0, 0.1) is 5.82 Å². The highest BCUT2D eigenvalue weighted by Crippen LogP contribution is 2.28. The molecule has 1 aromatic heterocycles. The molecule has 6 nitrogen and oxygen atoms in total. The van der Waals surface area contributed by atoms with Gasteiger partial charge in [-0.1, -0.05) is 35.9 Å². The Balaban J connectivity index is 1.27. The van der Waals surface area contributed by atoms with E-state index < -0.39 is 5.82 Å². The quantitative estimate of drug-likeness (QED) is 0.344. The van der Waals surface area contributed by atoms with Crippen molar-refractivity contribution in [1.29, 1.82) is 0 Å². The van der Waals surface area contributed by atoms with Gasteiger partial charge in [0, 0.05) is 36.2 Å². The number of nitrogens with one attached hydrogen (secondary N) is 2. The minimum atomic E-state index is -0.404. The summed E-state index contributed by atoms with van der Waals surface area (Å²) in [6.07, 6.45) is 2.16. The molecule has 2 amide bonds. The highest BCUT2D eigenvalue weighted by atomic mass is 35.5. The maximum absolute atomic E-state index is 13.0. The molecule has 0 atom stereocenters. The van der Waals surface area contributed by atoms with Crippen molar-refractivity contribution in [3.05, 3.63) is 107 Å². The van der Waals surface area contributed by atoms with Gasteiger partial charge in [-0.25, -0.2) is 9.37 Å². The molecule has 0 saturated carbocycles. The van der Waals surface area contributed by atoms with Crippen molar-refractivity contribution in [3.8, 4) is 11.3 Å². The first kappa shape index (κ1) is 23.2. The summed E-state index contributed by atoms with van der Waals surface area (Å²) in [7, 11) is 0. The second-order valence-electron chi connectivity index (χ2n) is 7.54. The lowest BCUT2D eigenvalue weighted by atomic mass is 10.1. The standard InChI is InChI=1S/C26H21ClFN3O3/c27-22-7-2-1-6-21(22)23-16-30-25(34-23)13-12-24(32)29-15-17-4-3-5-20(14-17)31-26(33)18-8-10-19(28)11-9-18/h1-11,14,16H,12-13,15H2,(H,29,32)(H,31,33). The third kappa shape index (κ3) is 6.08. The normalized spacial score (nSPS) is 10.6. The molecule has 1 heterocycles. The van der Waals surface area contributed by atoms with Crippen LogP contribution in [0.3, 0.4) is 0 Å². The molecule has 4 rings (SSSR count). The molecular formula is C26H21ClFN3O3. The van der Waals surface area contributed by atoms with Crippen molar-refractivity contribution in [2.24, 2.45) is 0 Å². The molecule has 172 valence electrons. The molecule has 2 N–H and O–H groups in total. The van der Waals surface area contributed by atoms with Crippen molar-refractivity contribution in [1.82, 2.24) is 10.3 Å². The second-order valence-corrected chi connectivity index (χ2v) is 7.94. The van der Waals surface area contributed by atoms with Crippen molar-refractivity contribution >= 4 is 29.1 Å². The summed E-state index contributed by atoms with van der Waals surface area (Å²) >= 11 is 6.18. The average molecular weight is 478 g/mol. The summed E-state index contributed by atoms with van der Waals surface area (Å²) in [5.74, 6) is 0.107. The predicted molar refractivity (Wildman–Crippen MR) is 128 cm³/mol. The lowest BCUT2D eigenvalue weighted by Gasteiger charge is -2.09. The van der Waals surface area contributed by atoms with E-state index in [1.165, 1.54) is 24.3 Å². The Labute approximate surface area is 200 Å². The van der Waals surface area contributed by atoms with E-state index in [0.717, 1.165) is 11.1 Å². The first-order valence-corrected chi connectivity index (χ1v) is 11.0. The minimum Gasteiger partial charge on any atom is -0.441 e. The van der Waals surface area contributed by atoms with Gasteiger partial charge in [0.1, 0.15) is 5.82 Å². The number of anilines is 1. The Morgan fingerprint density at radius 3 is 2.59 bits per heavy atom. The lowest BCUT2D eigenvalue weighted by Crippen LogP contribution is -2.23. The van der Waals surface area contributed by atoms with Crippen LogP contribution in [0.4, 0.5) is 10.1 Å². The number of nitrogens with zero attached hydrogens (tertiary/aromatic N) is 1. The van der Waals surface area contributed by atoms with E-state index in [4.69, 9.17) is 16.0 Å². The summed E-state index contributed by atoms with van der Waals surface area (Å²) in [5.41, 5.74) is 2.50. The number of amides is 2. The van der Waals surface area contributed by atoms with Gasteiger partial charge >= 0.3 is 0 Å². The molecule has 34 heavy (non-hydrogen) atoms. The number of hydrogen-bond donors (Lipinski definition) is 2. The Morgan fingerprint density at radius 2 is 1.79 bits per heavy atom. The molecule has 0 radical (unpaired) electrons. The fourth-order valence-electron chi connectivity index (χ4n) is 3.28. The van der Waals surface area contributed by atoms with E-state index in [-0.39, 0.29) is 18.2 Å². The molecule has 0 aliphatic heterocycles. The smallest absolute Gasteiger partial charge is 0.255 e. The highest BCUT2D eigenvalue weighted by Gasteiger charge is 2.11. The zero-order chi connectivity index (χ0) is 23.9. The maximum atomic E-state index is 13.0. The largest absolute Gasteiger partial charge is 0.441 e. The number of aromatic nitrogens is 1. The van der Waals surface area contributed by atoms with Gasteiger partial charge in [0.25, 0.3) is 5.91 Å². The molecule has 0 spiro atoms. The summed E-state index contributed by atoms with van der Waals surface area (Å²) in [5, 5.41) is 6.19. The number of carbonyl (C=O) groups excluding carboxylic acids is 2. The maximum Gasteiger partial charge on any atom is 0.255 e. The monoisotopic (exact) mass is 477 g/mol. The Kier molecular flexibility index (Phi) is 7.34. The van der Waals surface area contributed by atoms with E-state index in [9.17, 15) is 14.0 Å². The Morgan fingerprint density at radius 1 is 1.00 bits per heavy atom. The van der Waals surface area contributed by atoms with Crippen LogP contribution in [0.2, 0.25) is 5.02 Å². The van der Waals surface area contributed by atoms with Gasteiger partial charge in [-0.3, -0.25) is 9.59 Å². The van der Waals surface area contributed by atoms with E-state index in [0.29, 0.717) is 40.9 Å². The highest BCUT2D eigenvalue weighted by molar-refractivity contribution is 6.33. The summed E-state index contributed by atoms with van der Waals surface area (Å²) in [4.78, 5) is 28.8. The van der Waals surface area contributed by atoms with Crippen LogP contribution < -0.4 is 10.6 Å². The third-order valence-electron chi connectivity index (χ3n) is 5.04. The molecule has 0 unspecified atom stereocenters. The van der Waals surface area contributed by atoms with Gasteiger partial charge in [0.15, 0.2) is 11.7 Å². The van der Waals surface area contributed by atoms with Crippen LogP contribution in [0.1, 0.15) is 28.2 Å². The fraction of sp³-hybridized carbons (Fsp3) is 0.115. The molecule has 0 fully saturated rings. The van der Waals surface area contributed by atoms with Crippen LogP contribution in [0.25, 0.3) is 11.3 Å². The number of benzene rings is 3. The summed E-state index contributed by atoms with van der Waals surface area (Å²) in [6, 6.07) is 19.8. The zero-order valence-electron chi connectivity index (χ0n) is 18.1. The van der Waals surface area contributed by atoms with Gasteiger partial charge in [0.2, 0.25) is 5.91 Å². The topological polar surface area (TPSA) is 84.2 Å². The van der Waals surface area contributed by atoms with E-state index in [2.05, 4.69) is 15.6 Å². The van der Waals surface area contributed by atoms with Crippen LogP contribution in [-0.4, -0.2) is 16.8 Å². The van der Waals surface area contributed by atoms with Crippen LogP contribution in [-0.2, 0) is 17.8 Å². The number of oxazole rings is 1. The van der Waals surface area contributed by atoms with Crippen molar-refractivity contribution < 1.29 is 18.4 Å². The molecule has 0 aliphatic rings. The van der Waals surface area contributed by atoms with E-state index in [1.54, 1.807) is 30.5 Å². The Hall–Kier alpha value is -3.97. The molecule has 0 bridgehead atoms. The first-order valence-electron chi connectivity index (χ1n) is 10.6. The van der Waals surface area contributed by atoms with E-state index >= 15 is 0 Å². The average Bonchev–Trinajstić information content (AvgIpc) is 3.31. The Bertz CT molecular complexity index is 1300. The number of hydrogen-bond acceptors (Lipinski definition) is 4. The third-order valence-corrected chi connectivity index (χ3v) is 5.37. The number of rotatable bonds is 8. The fourth-order valence-corrected chi connectivity index (χ4v) is 3.51. The lowest BCUT2D eigenvalue weighted by molar-refractivity contribution is -0.121. The van der Waals surface area contributed by atoms with E-state index in [1.807, 2.05) is 24.3 Å². The molecule has 3 aromatic carbocycles. The number of aryl methyl sites for hydroxylation is 1. The predicted octanol–water partition coefficient (Wildman–Crippen LogP) is 5.64. The first-order chi connectivity index (χ1) is 16.5. The molecule has 0 aliphatic carbocycles. The van der Waals surface area contributed by atoms with Crippen LogP contribution in [0.5, 0.6) is 0 Å². The van der Waals surface area contributed by atoms with Gasteiger partial charge < -0.3 is 15.1 Å². The van der Waals surface area contributed by atoms with Gasteiger partial charge in [-0.15, -0.1) is 0 Å². The van der Waals surface area contributed by atoms with Crippen molar-refractivity contribution in [2.75, 3.05) is 5.32 Å². The van der Waals surface area contributed by atoms with Crippen LogP contribution >= 0.6 is 11.6 Å². The van der Waals surface area contributed by atoms with Crippen molar-refractivity contribution in [3.63, 3.8) is 0 Å². The number of halogens is 2. The van der Waals surface area contributed by atoms with Gasteiger partial charge in [0.05, 0.1) is 11.2 Å². The SMILES string of the molecule is O=C(CCc1ncc(-c2ccccc2Cl)o1)NCc1cccc(NC(=O)c2ccc(F)cc2)c1. The second kappa shape index (κ2) is 10.8. The summed E-state index contributed by atoms with van der Waals surface area (Å²) < 4.78 is 18.8. The van der Waals surface area contributed by atoms with Gasteiger partial charge in [-0.05, 0) is 54.1 Å². The minimum absolute atomic E-state index is 0.154. The zero-order valence-corrected chi connectivity index (χ0v) is 18.8.